The minimum atomic E-state index is 0.585. The summed E-state index contributed by atoms with van der Waals surface area (Å²) in [6.45, 7) is 8.39. The lowest BCUT2D eigenvalue weighted by Crippen LogP contribution is -2.47. The van der Waals surface area contributed by atoms with Crippen LogP contribution in [0, 0.1) is 0 Å². The van der Waals surface area contributed by atoms with Crippen LogP contribution in [0.25, 0.3) is 0 Å². The van der Waals surface area contributed by atoms with Gasteiger partial charge in [-0.3, -0.25) is 9.80 Å². The number of nitrogens with zero attached hydrogens (tertiary/aromatic N) is 2. The minimum absolute atomic E-state index is 0.585. The fourth-order valence-electron chi connectivity index (χ4n) is 3.30. The molecule has 2 heterocycles. The average Bonchev–Trinajstić information content (AvgIpc) is 3.01. The monoisotopic (exact) mass is 259 g/mol. The first-order chi connectivity index (χ1) is 9.43. The standard InChI is InChI=1S/C16H25N3/c1-2-6-15(7-3-1)16(19-10-4-5-11-19)14-18-12-8-17-9-13-18/h1-3,6-7,16-17H,4-5,8-14H2. The minimum Gasteiger partial charge on any atom is -0.314 e. The van der Waals surface area contributed by atoms with Crippen LogP contribution in [-0.2, 0) is 0 Å². The lowest BCUT2D eigenvalue weighted by molar-refractivity contribution is 0.150. The molecule has 0 aliphatic carbocycles. The molecule has 1 atom stereocenters. The number of hydrogen-bond acceptors (Lipinski definition) is 3. The molecule has 1 aromatic carbocycles. The molecule has 1 unspecified atom stereocenters. The summed E-state index contributed by atoms with van der Waals surface area (Å²) in [5, 5.41) is 3.44. The molecule has 3 rings (SSSR count). The largest absolute Gasteiger partial charge is 0.314 e. The molecule has 19 heavy (non-hydrogen) atoms. The Labute approximate surface area is 116 Å². The second kappa shape index (κ2) is 6.51. The van der Waals surface area contributed by atoms with Crippen molar-refractivity contribution in [3.63, 3.8) is 0 Å². The molecule has 1 aromatic rings. The molecule has 1 N–H and O–H groups in total. The van der Waals surface area contributed by atoms with Gasteiger partial charge in [0.25, 0.3) is 0 Å². The second-order valence-electron chi connectivity index (χ2n) is 5.72. The van der Waals surface area contributed by atoms with Crippen molar-refractivity contribution in [1.82, 2.24) is 15.1 Å². The summed E-state index contributed by atoms with van der Waals surface area (Å²) in [6.07, 6.45) is 2.73. The van der Waals surface area contributed by atoms with E-state index in [1.807, 2.05) is 0 Å². The molecule has 0 bridgehead atoms. The molecule has 0 radical (unpaired) electrons. The first-order valence-corrected chi connectivity index (χ1v) is 7.65. The number of nitrogens with one attached hydrogen (secondary N) is 1. The SMILES string of the molecule is c1ccc(C(CN2CCNCC2)N2CCCC2)cc1. The number of piperazine rings is 1. The van der Waals surface area contributed by atoms with E-state index in [9.17, 15) is 0 Å². The Kier molecular flexibility index (Phi) is 4.49. The van der Waals surface area contributed by atoms with E-state index in [-0.39, 0.29) is 0 Å². The van der Waals surface area contributed by atoms with Crippen molar-refractivity contribution in [2.24, 2.45) is 0 Å². The van der Waals surface area contributed by atoms with Gasteiger partial charge < -0.3 is 5.32 Å². The number of benzene rings is 1. The van der Waals surface area contributed by atoms with Gasteiger partial charge in [0, 0.05) is 38.8 Å². The van der Waals surface area contributed by atoms with Gasteiger partial charge in [0.2, 0.25) is 0 Å². The van der Waals surface area contributed by atoms with Crippen molar-refractivity contribution in [3.05, 3.63) is 35.9 Å². The lowest BCUT2D eigenvalue weighted by Gasteiger charge is -2.35. The highest BCUT2D eigenvalue weighted by molar-refractivity contribution is 5.19. The Bertz CT molecular complexity index is 367. The zero-order chi connectivity index (χ0) is 12.9. The molecule has 0 saturated carbocycles. The van der Waals surface area contributed by atoms with Crippen LogP contribution >= 0.6 is 0 Å². The molecule has 2 fully saturated rings. The number of likely N-dealkylation sites (tertiary alicyclic amines) is 1. The lowest BCUT2D eigenvalue weighted by atomic mass is 10.0. The summed E-state index contributed by atoms with van der Waals surface area (Å²) in [5.74, 6) is 0. The first-order valence-electron chi connectivity index (χ1n) is 7.65. The van der Waals surface area contributed by atoms with Crippen molar-refractivity contribution in [1.29, 1.82) is 0 Å². The van der Waals surface area contributed by atoms with Gasteiger partial charge in [-0.2, -0.15) is 0 Å². The second-order valence-corrected chi connectivity index (χ2v) is 5.72. The van der Waals surface area contributed by atoms with E-state index in [1.165, 1.54) is 51.1 Å². The molecule has 3 heteroatoms. The average molecular weight is 259 g/mol. The summed E-state index contributed by atoms with van der Waals surface area (Å²) >= 11 is 0. The van der Waals surface area contributed by atoms with Crippen molar-refractivity contribution in [3.8, 4) is 0 Å². The number of hydrogen-bond donors (Lipinski definition) is 1. The normalized spacial score (nSPS) is 23.6. The predicted molar refractivity (Wildman–Crippen MR) is 79.3 cm³/mol. The van der Waals surface area contributed by atoms with Gasteiger partial charge >= 0.3 is 0 Å². The van der Waals surface area contributed by atoms with Crippen molar-refractivity contribution in [2.45, 2.75) is 18.9 Å². The summed E-state index contributed by atoms with van der Waals surface area (Å²) in [6, 6.07) is 11.7. The molecule has 2 aliphatic heterocycles. The maximum atomic E-state index is 3.44. The molecule has 2 aliphatic rings. The van der Waals surface area contributed by atoms with Gasteiger partial charge in [-0.15, -0.1) is 0 Å². The highest BCUT2D eigenvalue weighted by Gasteiger charge is 2.25. The van der Waals surface area contributed by atoms with Crippen LogP contribution < -0.4 is 5.32 Å². The van der Waals surface area contributed by atoms with Crippen LogP contribution in [0.15, 0.2) is 30.3 Å². The van der Waals surface area contributed by atoms with Gasteiger partial charge in [0.1, 0.15) is 0 Å². The zero-order valence-corrected chi connectivity index (χ0v) is 11.7. The summed E-state index contributed by atoms with van der Waals surface area (Å²) in [5.41, 5.74) is 1.49. The quantitative estimate of drug-likeness (QED) is 0.888. The molecular formula is C16H25N3. The summed E-state index contributed by atoms with van der Waals surface area (Å²) < 4.78 is 0. The van der Waals surface area contributed by atoms with E-state index < -0.39 is 0 Å². The predicted octanol–water partition coefficient (Wildman–Crippen LogP) is 1.73. The van der Waals surface area contributed by atoms with Crippen LogP contribution in [-0.4, -0.2) is 55.6 Å². The highest BCUT2D eigenvalue weighted by Crippen LogP contribution is 2.26. The molecule has 104 valence electrons. The molecule has 2 saturated heterocycles. The van der Waals surface area contributed by atoms with E-state index in [4.69, 9.17) is 0 Å². The Balaban J connectivity index is 1.72. The topological polar surface area (TPSA) is 18.5 Å². The van der Waals surface area contributed by atoms with E-state index in [2.05, 4.69) is 45.4 Å². The first kappa shape index (κ1) is 13.1. The van der Waals surface area contributed by atoms with Crippen molar-refractivity contribution >= 4 is 0 Å². The van der Waals surface area contributed by atoms with Gasteiger partial charge in [-0.25, -0.2) is 0 Å². The van der Waals surface area contributed by atoms with E-state index in [0.717, 1.165) is 13.1 Å². The molecule has 0 aromatic heterocycles. The maximum absolute atomic E-state index is 3.44. The van der Waals surface area contributed by atoms with E-state index >= 15 is 0 Å². The third kappa shape index (κ3) is 3.35. The summed E-state index contributed by atoms with van der Waals surface area (Å²) in [7, 11) is 0. The smallest absolute Gasteiger partial charge is 0.0475 e. The van der Waals surface area contributed by atoms with E-state index in [1.54, 1.807) is 0 Å². The maximum Gasteiger partial charge on any atom is 0.0475 e. The Morgan fingerprint density at radius 1 is 0.947 bits per heavy atom. The fourth-order valence-corrected chi connectivity index (χ4v) is 3.30. The van der Waals surface area contributed by atoms with Gasteiger partial charge in [0.05, 0.1) is 0 Å². The summed E-state index contributed by atoms with van der Waals surface area (Å²) in [4.78, 5) is 5.30. The zero-order valence-electron chi connectivity index (χ0n) is 11.7. The van der Waals surface area contributed by atoms with Gasteiger partial charge in [-0.05, 0) is 31.5 Å². The van der Waals surface area contributed by atoms with Gasteiger partial charge in [-0.1, -0.05) is 30.3 Å². The molecule has 0 spiro atoms. The van der Waals surface area contributed by atoms with Crippen LogP contribution in [0.4, 0.5) is 0 Å². The number of rotatable bonds is 4. The highest BCUT2D eigenvalue weighted by atomic mass is 15.2. The van der Waals surface area contributed by atoms with Crippen LogP contribution in [0.3, 0.4) is 0 Å². The molecule has 0 amide bonds. The Morgan fingerprint density at radius 3 is 2.32 bits per heavy atom. The third-order valence-corrected chi connectivity index (χ3v) is 4.41. The van der Waals surface area contributed by atoms with Crippen LogP contribution in [0.1, 0.15) is 24.4 Å². The Morgan fingerprint density at radius 2 is 1.63 bits per heavy atom. The third-order valence-electron chi connectivity index (χ3n) is 4.41. The fraction of sp³-hybridized carbons (Fsp3) is 0.625. The van der Waals surface area contributed by atoms with Crippen LogP contribution in [0.5, 0.6) is 0 Å². The Hall–Kier alpha value is -0.900. The van der Waals surface area contributed by atoms with Crippen molar-refractivity contribution < 1.29 is 0 Å². The van der Waals surface area contributed by atoms with E-state index in [0.29, 0.717) is 6.04 Å². The van der Waals surface area contributed by atoms with Crippen molar-refractivity contribution in [2.75, 3.05) is 45.8 Å². The molecular weight excluding hydrogens is 234 g/mol. The van der Waals surface area contributed by atoms with Gasteiger partial charge in [0.15, 0.2) is 0 Å². The molecule has 3 nitrogen and oxygen atoms in total. The van der Waals surface area contributed by atoms with Crippen LogP contribution in [0.2, 0.25) is 0 Å².